The minimum atomic E-state index is -1.31. The number of halogens is 2. The van der Waals surface area contributed by atoms with Crippen molar-refractivity contribution in [1.29, 1.82) is 0 Å². The molecule has 3 heterocycles. The lowest BCUT2D eigenvalue weighted by atomic mass is 9.80. The number of nitrogens with zero attached hydrogens (tertiary/aromatic N) is 3. The average molecular weight is 420 g/mol. The van der Waals surface area contributed by atoms with Gasteiger partial charge < -0.3 is 20.5 Å². The van der Waals surface area contributed by atoms with Crippen LogP contribution in [0.25, 0.3) is 22.4 Å². The Bertz CT molecular complexity index is 1080. The zero-order valence-electron chi connectivity index (χ0n) is 15.3. The molecule has 0 saturated heterocycles. The lowest BCUT2D eigenvalue weighted by Crippen LogP contribution is -2.42. The van der Waals surface area contributed by atoms with Crippen LogP contribution in [0, 0.1) is 5.82 Å². The van der Waals surface area contributed by atoms with Gasteiger partial charge in [-0.2, -0.15) is 0 Å². The Morgan fingerprint density at radius 3 is 3.03 bits per heavy atom. The molecule has 0 bridgehead atoms. The molecule has 1 aliphatic carbocycles. The maximum Gasteiger partial charge on any atom is 0.306 e. The molecule has 2 unspecified atom stereocenters. The molecule has 1 aliphatic rings. The fourth-order valence-electron chi connectivity index (χ4n) is 3.86. The standard InChI is InChI=1S/C19H19ClFN5O3/c20-10-4-12-13(8-23-16(12)22-7-10)17-24-9-14(21)18(26-17)25-11-2-1-3-19(29,5-11)6-15(27)28/h4,7-9,11,29H,1-3,5-6H2,(H,22,23)(H,27,28)(H,24,25,26). The topological polar surface area (TPSA) is 124 Å². The predicted molar refractivity (Wildman–Crippen MR) is 105 cm³/mol. The van der Waals surface area contributed by atoms with Gasteiger partial charge in [0.2, 0.25) is 0 Å². The van der Waals surface area contributed by atoms with E-state index in [1.165, 1.54) is 6.20 Å². The van der Waals surface area contributed by atoms with Gasteiger partial charge in [0.05, 0.1) is 23.2 Å². The number of nitrogens with one attached hydrogen (secondary N) is 2. The van der Waals surface area contributed by atoms with Gasteiger partial charge in [-0.3, -0.25) is 4.79 Å². The molecule has 1 fully saturated rings. The van der Waals surface area contributed by atoms with Crippen molar-refractivity contribution in [3.8, 4) is 11.4 Å². The highest BCUT2D eigenvalue weighted by molar-refractivity contribution is 6.31. The van der Waals surface area contributed by atoms with Gasteiger partial charge in [-0.1, -0.05) is 11.6 Å². The SMILES string of the molecule is O=C(O)CC1(O)CCCC(Nc2nc(-c3c[nH]c4ncc(Cl)cc34)ncc2F)C1. The maximum absolute atomic E-state index is 14.4. The minimum absolute atomic E-state index is 0.00362. The van der Waals surface area contributed by atoms with Gasteiger partial charge in [0.25, 0.3) is 0 Å². The molecule has 1 saturated carbocycles. The number of aliphatic hydroxyl groups is 1. The Morgan fingerprint density at radius 2 is 2.24 bits per heavy atom. The number of carboxylic acids is 1. The van der Waals surface area contributed by atoms with Crippen molar-refractivity contribution in [2.45, 2.75) is 43.7 Å². The number of rotatable bonds is 5. The Balaban J connectivity index is 1.60. The summed E-state index contributed by atoms with van der Waals surface area (Å²) < 4.78 is 14.4. The van der Waals surface area contributed by atoms with Crippen LogP contribution in [-0.4, -0.2) is 47.8 Å². The lowest BCUT2D eigenvalue weighted by molar-refractivity contribution is -0.143. The van der Waals surface area contributed by atoms with E-state index in [0.29, 0.717) is 46.7 Å². The highest BCUT2D eigenvalue weighted by atomic mass is 35.5. The fraction of sp³-hybridized carbons (Fsp3) is 0.368. The maximum atomic E-state index is 14.4. The Hall–Kier alpha value is -2.78. The van der Waals surface area contributed by atoms with E-state index in [4.69, 9.17) is 16.7 Å². The van der Waals surface area contributed by atoms with Crippen LogP contribution in [0.3, 0.4) is 0 Å². The molecule has 152 valence electrons. The molecule has 2 atom stereocenters. The first-order chi connectivity index (χ1) is 13.8. The third-order valence-corrected chi connectivity index (χ3v) is 5.33. The van der Waals surface area contributed by atoms with Crippen molar-refractivity contribution >= 4 is 34.4 Å². The van der Waals surface area contributed by atoms with E-state index in [-0.39, 0.29) is 24.7 Å². The number of pyridine rings is 1. The highest BCUT2D eigenvalue weighted by Crippen LogP contribution is 2.33. The van der Waals surface area contributed by atoms with Gasteiger partial charge in [0.15, 0.2) is 17.5 Å². The van der Waals surface area contributed by atoms with Crippen LogP contribution in [0.1, 0.15) is 32.1 Å². The van der Waals surface area contributed by atoms with Gasteiger partial charge in [0, 0.05) is 29.4 Å². The molecule has 0 radical (unpaired) electrons. The first-order valence-corrected chi connectivity index (χ1v) is 9.57. The largest absolute Gasteiger partial charge is 0.481 e. The number of aromatic amines is 1. The van der Waals surface area contributed by atoms with E-state index in [1.54, 1.807) is 12.3 Å². The summed E-state index contributed by atoms with van der Waals surface area (Å²) in [6.45, 7) is 0. The van der Waals surface area contributed by atoms with Gasteiger partial charge in [-0.05, 0) is 31.7 Å². The molecule has 0 aromatic carbocycles. The smallest absolute Gasteiger partial charge is 0.306 e. The Kier molecular flexibility index (Phi) is 5.10. The third-order valence-electron chi connectivity index (χ3n) is 5.12. The van der Waals surface area contributed by atoms with Crippen LogP contribution in [0.15, 0.2) is 24.7 Å². The number of anilines is 1. The van der Waals surface area contributed by atoms with E-state index in [1.807, 2.05) is 0 Å². The predicted octanol–water partition coefficient (Wildman–Crippen LogP) is 3.37. The Morgan fingerprint density at radius 1 is 1.41 bits per heavy atom. The van der Waals surface area contributed by atoms with Crippen LogP contribution in [0.5, 0.6) is 0 Å². The number of hydrogen-bond acceptors (Lipinski definition) is 6. The molecule has 0 aliphatic heterocycles. The van der Waals surface area contributed by atoms with Crippen molar-refractivity contribution in [2.24, 2.45) is 0 Å². The van der Waals surface area contributed by atoms with Gasteiger partial charge >= 0.3 is 5.97 Å². The van der Waals surface area contributed by atoms with Gasteiger partial charge in [-0.25, -0.2) is 19.3 Å². The van der Waals surface area contributed by atoms with Crippen LogP contribution < -0.4 is 5.32 Å². The van der Waals surface area contributed by atoms with Crippen molar-refractivity contribution < 1.29 is 19.4 Å². The van der Waals surface area contributed by atoms with Crippen molar-refractivity contribution in [1.82, 2.24) is 19.9 Å². The van der Waals surface area contributed by atoms with Crippen molar-refractivity contribution in [3.63, 3.8) is 0 Å². The van der Waals surface area contributed by atoms with E-state index in [0.717, 1.165) is 6.20 Å². The molecule has 4 rings (SSSR count). The highest BCUT2D eigenvalue weighted by Gasteiger charge is 2.36. The number of carboxylic acid groups (broad SMARTS) is 1. The summed E-state index contributed by atoms with van der Waals surface area (Å²) in [6.07, 6.45) is 5.84. The molecule has 3 aromatic heterocycles. The Labute approximate surface area is 170 Å². The van der Waals surface area contributed by atoms with Crippen LogP contribution in [0.4, 0.5) is 10.2 Å². The molecule has 29 heavy (non-hydrogen) atoms. The third kappa shape index (κ3) is 4.15. The summed E-state index contributed by atoms with van der Waals surface area (Å²) in [5.74, 6) is -1.39. The number of aliphatic carboxylic acids is 1. The summed E-state index contributed by atoms with van der Waals surface area (Å²) in [6, 6.07) is 1.42. The number of fused-ring (bicyclic) bond motifs is 1. The van der Waals surface area contributed by atoms with Crippen molar-refractivity contribution in [2.75, 3.05) is 5.32 Å². The second-order valence-electron chi connectivity index (χ2n) is 7.37. The second kappa shape index (κ2) is 7.57. The van der Waals surface area contributed by atoms with E-state index in [9.17, 15) is 14.3 Å². The number of aromatic nitrogens is 4. The number of H-pyrrole nitrogens is 1. The van der Waals surface area contributed by atoms with E-state index >= 15 is 0 Å². The van der Waals surface area contributed by atoms with E-state index in [2.05, 4.69) is 25.3 Å². The van der Waals surface area contributed by atoms with Crippen LogP contribution in [-0.2, 0) is 4.79 Å². The van der Waals surface area contributed by atoms with Crippen LogP contribution in [0.2, 0.25) is 5.02 Å². The molecule has 8 nitrogen and oxygen atoms in total. The summed E-state index contributed by atoms with van der Waals surface area (Å²) in [7, 11) is 0. The van der Waals surface area contributed by atoms with Crippen LogP contribution >= 0.6 is 11.6 Å². The molecule has 0 spiro atoms. The summed E-state index contributed by atoms with van der Waals surface area (Å²) in [5.41, 5.74) is -0.0743. The van der Waals surface area contributed by atoms with E-state index < -0.39 is 17.4 Å². The number of hydrogen-bond donors (Lipinski definition) is 4. The summed E-state index contributed by atoms with van der Waals surface area (Å²) in [4.78, 5) is 26.6. The quantitative estimate of drug-likeness (QED) is 0.499. The molecule has 10 heteroatoms. The summed E-state index contributed by atoms with van der Waals surface area (Å²) in [5, 5.41) is 23.7. The second-order valence-corrected chi connectivity index (χ2v) is 7.81. The minimum Gasteiger partial charge on any atom is -0.481 e. The monoisotopic (exact) mass is 419 g/mol. The first kappa shape index (κ1) is 19.5. The summed E-state index contributed by atoms with van der Waals surface area (Å²) >= 11 is 6.03. The fourth-order valence-corrected chi connectivity index (χ4v) is 4.02. The van der Waals surface area contributed by atoms with Crippen molar-refractivity contribution in [3.05, 3.63) is 35.5 Å². The molecule has 4 N–H and O–H groups in total. The molecular formula is C19H19ClFN5O3. The lowest BCUT2D eigenvalue weighted by Gasteiger charge is -2.36. The zero-order valence-corrected chi connectivity index (χ0v) is 16.1. The molecule has 0 amide bonds. The average Bonchev–Trinajstić information content (AvgIpc) is 3.05. The van der Waals surface area contributed by atoms with Gasteiger partial charge in [0.1, 0.15) is 5.65 Å². The number of carbonyl (C=O) groups is 1. The first-order valence-electron chi connectivity index (χ1n) is 9.19. The molecular weight excluding hydrogens is 401 g/mol. The zero-order chi connectivity index (χ0) is 20.6. The normalized spacial score (nSPS) is 22.0. The molecule has 3 aromatic rings. The van der Waals surface area contributed by atoms with Gasteiger partial charge in [-0.15, -0.1) is 0 Å².